The average Bonchev–Trinajstić information content (AvgIpc) is 3.06. The molecule has 2 saturated carbocycles. The lowest BCUT2D eigenvalue weighted by Crippen LogP contribution is -2.46. The smallest absolute Gasteiger partial charge is 0.310 e. The molecule has 0 aromatic heterocycles. The van der Waals surface area contributed by atoms with Crippen LogP contribution < -0.4 is 0 Å². The Bertz CT molecular complexity index is 856. The van der Waals surface area contributed by atoms with Gasteiger partial charge in [-0.2, -0.15) is 0 Å². The number of esters is 1. The zero-order valence-corrected chi connectivity index (χ0v) is 18.7. The van der Waals surface area contributed by atoms with E-state index in [-0.39, 0.29) is 35.1 Å². The zero-order valence-electron chi connectivity index (χ0n) is 18.7. The number of carbonyl (C=O) groups excluding carboxylic acids is 2. The molecular formula is C27H35NO3. The molecule has 0 radical (unpaired) electrons. The molecule has 4 aliphatic rings. The number of hydrogen-bond donors (Lipinski definition) is 0. The van der Waals surface area contributed by atoms with Crippen molar-refractivity contribution in [3.63, 3.8) is 0 Å². The topological polar surface area (TPSA) is 46.6 Å². The number of allylic oxidation sites excluding steroid dienone is 1. The third-order valence-electron chi connectivity index (χ3n) is 8.79. The summed E-state index contributed by atoms with van der Waals surface area (Å²) in [4.78, 5) is 28.0. The molecule has 0 amide bonds. The number of hydrogen-bond acceptors (Lipinski definition) is 4. The Hall–Kier alpha value is -1.94. The summed E-state index contributed by atoms with van der Waals surface area (Å²) in [5, 5.41) is 0. The Morgan fingerprint density at radius 1 is 1.23 bits per heavy atom. The van der Waals surface area contributed by atoms with Gasteiger partial charge < -0.3 is 9.64 Å². The quantitative estimate of drug-likeness (QED) is 0.394. The standard InChI is InChI=1S/C27H35NO3/c1-18-7-6-12-27(2)16-24-21(15-23(18)27)22(26(30)31-24)17-28-13-10-20(11-14-28)25(29)19-8-4-3-5-9-19/h3-5,8-9,20-24H,1,6-7,10-17H2,2H3/t21-,22-,23-,24-,27-/m1/s1. The summed E-state index contributed by atoms with van der Waals surface area (Å²) in [5.41, 5.74) is 2.47. The van der Waals surface area contributed by atoms with Crippen LogP contribution in [0.1, 0.15) is 62.2 Å². The molecule has 31 heavy (non-hydrogen) atoms. The van der Waals surface area contributed by atoms with Gasteiger partial charge in [0.05, 0.1) is 5.92 Å². The van der Waals surface area contributed by atoms with Gasteiger partial charge in [0, 0.05) is 23.9 Å². The third kappa shape index (κ3) is 3.88. The van der Waals surface area contributed by atoms with Crippen molar-refractivity contribution in [2.45, 2.75) is 58.0 Å². The average molecular weight is 422 g/mol. The summed E-state index contributed by atoms with van der Waals surface area (Å²) in [6, 6.07) is 9.64. The summed E-state index contributed by atoms with van der Waals surface area (Å²) >= 11 is 0. The van der Waals surface area contributed by atoms with E-state index in [0.717, 1.165) is 57.3 Å². The first-order valence-electron chi connectivity index (χ1n) is 12.1. The summed E-state index contributed by atoms with van der Waals surface area (Å²) < 4.78 is 5.94. The molecular weight excluding hydrogens is 386 g/mol. The second-order valence-corrected chi connectivity index (χ2v) is 10.7. The highest BCUT2D eigenvalue weighted by Gasteiger charge is 2.55. The molecule has 0 spiro atoms. The van der Waals surface area contributed by atoms with Crippen molar-refractivity contribution >= 4 is 11.8 Å². The Labute approximate surface area is 186 Å². The van der Waals surface area contributed by atoms with E-state index in [1.54, 1.807) is 0 Å². The summed E-state index contributed by atoms with van der Waals surface area (Å²) in [6.07, 6.45) is 7.48. The second-order valence-electron chi connectivity index (χ2n) is 10.7. The molecule has 166 valence electrons. The van der Waals surface area contributed by atoms with Gasteiger partial charge in [-0.25, -0.2) is 0 Å². The third-order valence-corrected chi connectivity index (χ3v) is 8.79. The lowest BCUT2D eigenvalue weighted by atomic mass is 9.55. The van der Waals surface area contributed by atoms with E-state index in [1.165, 1.54) is 18.4 Å². The van der Waals surface area contributed by atoms with Crippen LogP contribution in [0, 0.1) is 29.1 Å². The van der Waals surface area contributed by atoms with E-state index in [2.05, 4.69) is 18.4 Å². The van der Waals surface area contributed by atoms with Gasteiger partial charge >= 0.3 is 5.97 Å². The van der Waals surface area contributed by atoms with Gasteiger partial charge in [0.1, 0.15) is 6.10 Å². The highest BCUT2D eigenvalue weighted by molar-refractivity contribution is 5.97. The van der Waals surface area contributed by atoms with E-state index in [1.807, 2.05) is 30.3 Å². The number of ether oxygens (including phenoxy) is 1. The predicted molar refractivity (Wildman–Crippen MR) is 121 cm³/mol. The van der Waals surface area contributed by atoms with E-state index >= 15 is 0 Å². The van der Waals surface area contributed by atoms with Crippen LogP contribution in [0.15, 0.2) is 42.5 Å². The molecule has 2 saturated heterocycles. The van der Waals surface area contributed by atoms with E-state index in [4.69, 9.17) is 4.74 Å². The number of ketones is 1. The van der Waals surface area contributed by atoms with Crippen LogP contribution in [0.5, 0.6) is 0 Å². The number of likely N-dealkylation sites (tertiary alicyclic amines) is 1. The van der Waals surface area contributed by atoms with Crippen molar-refractivity contribution in [2.24, 2.45) is 29.1 Å². The van der Waals surface area contributed by atoms with Crippen LogP contribution in [0.25, 0.3) is 0 Å². The molecule has 5 atom stereocenters. The number of nitrogens with zero attached hydrogens (tertiary/aromatic N) is 1. The van der Waals surface area contributed by atoms with Crippen molar-refractivity contribution in [1.29, 1.82) is 0 Å². The molecule has 0 unspecified atom stereocenters. The minimum Gasteiger partial charge on any atom is -0.462 e. The van der Waals surface area contributed by atoms with Crippen LogP contribution in [-0.4, -0.2) is 42.4 Å². The molecule has 0 N–H and O–H groups in total. The van der Waals surface area contributed by atoms with E-state index in [0.29, 0.717) is 11.8 Å². The molecule has 1 aromatic carbocycles. The van der Waals surface area contributed by atoms with Gasteiger partial charge in [0.15, 0.2) is 5.78 Å². The van der Waals surface area contributed by atoms with E-state index < -0.39 is 0 Å². The maximum absolute atomic E-state index is 12.8. The van der Waals surface area contributed by atoms with Crippen LogP contribution >= 0.6 is 0 Å². The molecule has 2 heterocycles. The van der Waals surface area contributed by atoms with Crippen LogP contribution in [-0.2, 0) is 9.53 Å². The van der Waals surface area contributed by atoms with Crippen LogP contribution in [0.3, 0.4) is 0 Å². The zero-order chi connectivity index (χ0) is 21.6. The molecule has 1 aromatic rings. The van der Waals surface area contributed by atoms with Gasteiger partial charge in [-0.15, -0.1) is 0 Å². The first-order chi connectivity index (χ1) is 14.9. The fraction of sp³-hybridized carbons (Fsp3) is 0.630. The molecule has 2 aliphatic carbocycles. The van der Waals surface area contributed by atoms with Crippen molar-refractivity contribution in [3.05, 3.63) is 48.0 Å². The monoisotopic (exact) mass is 421 g/mol. The van der Waals surface area contributed by atoms with Crippen molar-refractivity contribution in [1.82, 2.24) is 4.90 Å². The van der Waals surface area contributed by atoms with Gasteiger partial charge in [-0.1, -0.05) is 49.4 Å². The Morgan fingerprint density at radius 3 is 2.71 bits per heavy atom. The molecule has 4 heteroatoms. The molecule has 4 fully saturated rings. The number of piperidine rings is 1. The van der Waals surface area contributed by atoms with Gasteiger partial charge in [-0.05, 0) is 69.4 Å². The minimum absolute atomic E-state index is 0.00495. The van der Waals surface area contributed by atoms with E-state index in [9.17, 15) is 9.59 Å². The fourth-order valence-corrected chi connectivity index (χ4v) is 6.96. The van der Waals surface area contributed by atoms with Crippen molar-refractivity contribution in [2.75, 3.05) is 19.6 Å². The second kappa shape index (κ2) is 8.20. The molecule has 4 nitrogen and oxygen atoms in total. The van der Waals surface area contributed by atoms with Crippen molar-refractivity contribution in [3.8, 4) is 0 Å². The summed E-state index contributed by atoms with van der Waals surface area (Å²) in [5.74, 6) is 1.21. The number of carbonyl (C=O) groups is 2. The maximum Gasteiger partial charge on any atom is 0.310 e. The first-order valence-corrected chi connectivity index (χ1v) is 12.1. The summed E-state index contributed by atoms with van der Waals surface area (Å²) in [6.45, 7) is 9.34. The number of fused-ring (bicyclic) bond motifs is 2. The number of Topliss-reactive ketones (excluding diaryl/α,β-unsaturated/α-hetero) is 1. The predicted octanol–water partition coefficient (Wildman–Crippen LogP) is 4.90. The largest absolute Gasteiger partial charge is 0.462 e. The molecule has 5 rings (SSSR count). The fourth-order valence-electron chi connectivity index (χ4n) is 6.96. The summed E-state index contributed by atoms with van der Waals surface area (Å²) in [7, 11) is 0. The van der Waals surface area contributed by atoms with Gasteiger partial charge in [-0.3, -0.25) is 9.59 Å². The Kier molecular flexibility index (Phi) is 5.54. The highest BCUT2D eigenvalue weighted by Crippen LogP contribution is 2.57. The SMILES string of the molecule is C=C1CCC[C@]2(C)C[C@H]3OC(=O)[C@H](CN4CCC(C(=O)c5ccccc5)CC4)[C@H]3C[C@H]12. The lowest BCUT2D eigenvalue weighted by molar-refractivity contribution is -0.146. The van der Waals surface area contributed by atoms with Crippen LogP contribution in [0.4, 0.5) is 0 Å². The lowest BCUT2D eigenvalue weighted by Gasteiger charge is -2.50. The Balaban J connectivity index is 1.21. The Morgan fingerprint density at radius 2 is 1.97 bits per heavy atom. The molecule has 0 bridgehead atoms. The highest BCUT2D eigenvalue weighted by atomic mass is 16.6. The van der Waals surface area contributed by atoms with Crippen LogP contribution in [0.2, 0.25) is 0 Å². The van der Waals surface area contributed by atoms with Gasteiger partial charge in [0.2, 0.25) is 0 Å². The number of rotatable bonds is 4. The van der Waals surface area contributed by atoms with Gasteiger partial charge in [0.25, 0.3) is 0 Å². The minimum atomic E-state index is -0.0225. The normalized spacial score (nSPS) is 36.5. The van der Waals surface area contributed by atoms with Crippen molar-refractivity contribution < 1.29 is 14.3 Å². The number of benzene rings is 1. The molecule has 2 aliphatic heterocycles. The first kappa shape index (κ1) is 20.9. The maximum atomic E-state index is 12.8.